The number of nitrogens with zero attached hydrogens (tertiary/aromatic N) is 1. The molecule has 1 amide bonds. The number of methoxy groups -OCH3 is 1. The van der Waals surface area contributed by atoms with E-state index in [4.69, 9.17) is 9.84 Å². The maximum absolute atomic E-state index is 12.5. The van der Waals surface area contributed by atoms with E-state index >= 15 is 0 Å². The first-order valence-electron chi connectivity index (χ1n) is 6.81. The van der Waals surface area contributed by atoms with E-state index in [1.807, 2.05) is 6.92 Å². The van der Waals surface area contributed by atoms with Crippen molar-refractivity contribution < 1.29 is 24.5 Å². The molecule has 2 rings (SSSR count). The minimum absolute atomic E-state index is 0.115. The molecule has 2 N–H and O–H groups in total. The van der Waals surface area contributed by atoms with Gasteiger partial charge in [-0.05, 0) is 24.5 Å². The molecule has 6 nitrogen and oxygen atoms in total. The number of phenolic OH excluding ortho intramolecular Hbond substituents is 1. The number of carbonyl (C=O) groups is 2. The summed E-state index contributed by atoms with van der Waals surface area (Å²) < 4.78 is 4.98. The normalized spacial score (nSPS) is 21.9. The Hall–Kier alpha value is -2.24. The molecule has 114 valence electrons. The average Bonchev–Trinajstić information content (AvgIpc) is 2.45. The number of phenols is 1. The van der Waals surface area contributed by atoms with E-state index in [0.717, 1.165) is 0 Å². The molecule has 1 aliphatic rings. The molecule has 2 unspecified atom stereocenters. The summed E-state index contributed by atoms with van der Waals surface area (Å²) >= 11 is 0. The second-order valence-electron chi connectivity index (χ2n) is 5.47. The number of benzene rings is 1. The monoisotopic (exact) mass is 293 g/mol. The summed E-state index contributed by atoms with van der Waals surface area (Å²) in [5.74, 6) is -1.39. The maximum atomic E-state index is 12.5. The van der Waals surface area contributed by atoms with Crippen LogP contribution in [0.3, 0.4) is 0 Å². The molecule has 6 heteroatoms. The third kappa shape index (κ3) is 3.26. The van der Waals surface area contributed by atoms with Crippen molar-refractivity contribution in [1.29, 1.82) is 0 Å². The van der Waals surface area contributed by atoms with Gasteiger partial charge in [0.2, 0.25) is 0 Å². The van der Waals surface area contributed by atoms with Gasteiger partial charge < -0.3 is 19.8 Å². The lowest BCUT2D eigenvalue weighted by Gasteiger charge is -2.34. The van der Waals surface area contributed by atoms with Gasteiger partial charge in [0, 0.05) is 19.2 Å². The Labute approximate surface area is 122 Å². The summed E-state index contributed by atoms with van der Waals surface area (Å²) in [6, 6.07) is 4.45. The molecular formula is C15H19NO5. The topological polar surface area (TPSA) is 87.1 Å². The number of aliphatic carboxylic acids is 1. The molecule has 0 radical (unpaired) electrons. The molecule has 1 saturated heterocycles. The quantitative estimate of drug-likeness (QED) is 0.883. The Kier molecular flexibility index (Phi) is 4.35. The highest BCUT2D eigenvalue weighted by Gasteiger charge is 2.32. The van der Waals surface area contributed by atoms with E-state index in [0.29, 0.717) is 18.7 Å². The van der Waals surface area contributed by atoms with Crippen molar-refractivity contribution in [3.63, 3.8) is 0 Å². The molecule has 1 heterocycles. The van der Waals surface area contributed by atoms with E-state index in [1.165, 1.54) is 24.1 Å². The van der Waals surface area contributed by atoms with Crippen molar-refractivity contribution in [1.82, 2.24) is 4.90 Å². The number of amides is 1. The van der Waals surface area contributed by atoms with Crippen molar-refractivity contribution in [3.8, 4) is 11.5 Å². The number of hydrogen-bond donors (Lipinski definition) is 2. The summed E-state index contributed by atoms with van der Waals surface area (Å²) in [7, 11) is 1.47. The van der Waals surface area contributed by atoms with Crippen molar-refractivity contribution in [2.75, 3.05) is 20.2 Å². The third-order valence-corrected chi connectivity index (χ3v) is 3.73. The van der Waals surface area contributed by atoms with Gasteiger partial charge in [-0.25, -0.2) is 0 Å². The molecule has 2 atom stereocenters. The van der Waals surface area contributed by atoms with E-state index in [2.05, 4.69) is 0 Å². The highest BCUT2D eigenvalue weighted by Crippen LogP contribution is 2.28. The van der Waals surface area contributed by atoms with Crippen LogP contribution in [0.25, 0.3) is 0 Å². The predicted molar refractivity (Wildman–Crippen MR) is 75.5 cm³/mol. The second kappa shape index (κ2) is 6.03. The van der Waals surface area contributed by atoms with E-state index in [-0.39, 0.29) is 29.7 Å². The zero-order valence-electron chi connectivity index (χ0n) is 12.1. The van der Waals surface area contributed by atoms with Gasteiger partial charge in [-0.15, -0.1) is 0 Å². The van der Waals surface area contributed by atoms with Gasteiger partial charge >= 0.3 is 5.97 Å². The van der Waals surface area contributed by atoms with Gasteiger partial charge in [0.05, 0.1) is 18.6 Å². The molecule has 1 fully saturated rings. The van der Waals surface area contributed by atoms with Crippen LogP contribution in [0.4, 0.5) is 0 Å². The molecule has 1 aromatic carbocycles. The smallest absolute Gasteiger partial charge is 0.308 e. The summed E-state index contributed by atoms with van der Waals surface area (Å²) in [6.45, 7) is 2.58. The van der Waals surface area contributed by atoms with Crippen LogP contribution >= 0.6 is 0 Å². The molecular weight excluding hydrogens is 274 g/mol. The molecule has 1 aliphatic heterocycles. The largest absolute Gasteiger partial charge is 0.507 e. The zero-order valence-corrected chi connectivity index (χ0v) is 12.1. The highest BCUT2D eigenvalue weighted by atomic mass is 16.5. The third-order valence-electron chi connectivity index (χ3n) is 3.73. The minimum Gasteiger partial charge on any atom is -0.507 e. The summed E-state index contributed by atoms with van der Waals surface area (Å²) in [4.78, 5) is 25.1. The van der Waals surface area contributed by atoms with Crippen molar-refractivity contribution in [2.45, 2.75) is 13.3 Å². The Morgan fingerprint density at radius 1 is 1.33 bits per heavy atom. The highest BCUT2D eigenvalue weighted by molar-refractivity contribution is 5.97. The van der Waals surface area contributed by atoms with Crippen LogP contribution in [0, 0.1) is 11.8 Å². The fourth-order valence-corrected chi connectivity index (χ4v) is 2.69. The van der Waals surface area contributed by atoms with Gasteiger partial charge in [0.25, 0.3) is 5.91 Å². The van der Waals surface area contributed by atoms with Crippen LogP contribution in [0.2, 0.25) is 0 Å². The molecule has 0 aromatic heterocycles. The first-order chi connectivity index (χ1) is 9.92. The minimum atomic E-state index is -0.890. The molecule has 1 aromatic rings. The molecule has 0 spiro atoms. The SMILES string of the molecule is COc1ccc(C(=O)N2CC(C)CC(C(=O)O)C2)c(O)c1. The van der Waals surface area contributed by atoms with Crippen LogP contribution in [-0.2, 0) is 4.79 Å². The first-order valence-corrected chi connectivity index (χ1v) is 6.81. The Balaban J connectivity index is 2.20. The number of carboxylic acid groups (broad SMARTS) is 1. The number of carbonyl (C=O) groups excluding carboxylic acids is 1. The summed E-state index contributed by atoms with van der Waals surface area (Å²) in [6.07, 6.45) is 0.563. The lowest BCUT2D eigenvalue weighted by atomic mass is 9.90. The fourth-order valence-electron chi connectivity index (χ4n) is 2.69. The number of carboxylic acids is 1. The Morgan fingerprint density at radius 3 is 2.62 bits per heavy atom. The summed E-state index contributed by atoms with van der Waals surface area (Å²) in [5.41, 5.74) is 0.161. The van der Waals surface area contributed by atoms with Gasteiger partial charge in [0.1, 0.15) is 11.5 Å². The van der Waals surface area contributed by atoms with E-state index < -0.39 is 11.9 Å². The molecule has 21 heavy (non-hydrogen) atoms. The number of hydrogen-bond acceptors (Lipinski definition) is 4. The van der Waals surface area contributed by atoms with Gasteiger partial charge in [0.15, 0.2) is 0 Å². The Bertz CT molecular complexity index is 557. The molecule has 0 saturated carbocycles. The van der Waals surface area contributed by atoms with E-state index in [1.54, 1.807) is 6.07 Å². The molecule has 0 aliphatic carbocycles. The standard InChI is InChI=1S/C15H19NO5/c1-9-5-10(15(19)20)8-16(7-9)14(18)12-4-3-11(21-2)6-13(12)17/h3-4,6,9-10,17H,5,7-8H2,1-2H3,(H,19,20). The number of ether oxygens (including phenoxy) is 1. The van der Waals surface area contributed by atoms with Crippen LogP contribution < -0.4 is 4.74 Å². The van der Waals surface area contributed by atoms with Crippen LogP contribution in [-0.4, -0.2) is 47.2 Å². The first kappa shape index (κ1) is 15.2. The van der Waals surface area contributed by atoms with E-state index in [9.17, 15) is 14.7 Å². The van der Waals surface area contributed by atoms with Crippen molar-refractivity contribution in [3.05, 3.63) is 23.8 Å². The van der Waals surface area contributed by atoms with Crippen molar-refractivity contribution >= 4 is 11.9 Å². The lowest BCUT2D eigenvalue weighted by Crippen LogP contribution is -2.45. The number of piperidine rings is 1. The Morgan fingerprint density at radius 2 is 2.05 bits per heavy atom. The average molecular weight is 293 g/mol. The predicted octanol–water partition coefficient (Wildman–Crippen LogP) is 1.58. The number of likely N-dealkylation sites (tertiary alicyclic amines) is 1. The van der Waals surface area contributed by atoms with Gasteiger partial charge in [-0.3, -0.25) is 9.59 Å². The van der Waals surface area contributed by atoms with Gasteiger partial charge in [-0.1, -0.05) is 6.92 Å². The van der Waals surface area contributed by atoms with Gasteiger partial charge in [-0.2, -0.15) is 0 Å². The van der Waals surface area contributed by atoms with Crippen molar-refractivity contribution in [2.24, 2.45) is 11.8 Å². The van der Waals surface area contributed by atoms with Crippen LogP contribution in [0.1, 0.15) is 23.7 Å². The van der Waals surface area contributed by atoms with Crippen LogP contribution in [0.15, 0.2) is 18.2 Å². The number of aromatic hydroxyl groups is 1. The fraction of sp³-hybridized carbons (Fsp3) is 0.467. The second-order valence-corrected chi connectivity index (χ2v) is 5.47. The lowest BCUT2D eigenvalue weighted by molar-refractivity contribution is -0.143. The summed E-state index contributed by atoms with van der Waals surface area (Å²) in [5, 5.41) is 19.1. The number of rotatable bonds is 3. The zero-order chi connectivity index (χ0) is 15.6. The molecule has 0 bridgehead atoms. The maximum Gasteiger partial charge on any atom is 0.308 e. The van der Waals surface area contributed by atoms with Crippen LogP contribution in [0.5, 0.6) is 11.5 Å².